The van der Waals surface area contributed by atoms with E-state index in [0.29, 0.717) is 10.8 Å². The number of halogens is 3. The largest absolute Gasteiger partial charge is 0.416 e. The van der Waals surface area contributed by atoms with Gasteiger partial charge < -0.3 is 5.32 Å². The predicted molar refractivity (Wildman–Crippen MR) is 84.9 cm³/mol. The van der Waals surface area contributed by atoms with Gasteiger partial charge in [-0.05, 0) is 55.0 Å². The van der Waals surface area contributed by atoms with E-state index in [1.807, 2.05) is 6.07 Å². The van der Waals surface area contributed by atoms with Gasteiger partial charge in [-0.2, -0.15) is 13.2 Å². The van der Waals surface area contributed by atoms with Gasteiger partial charge in [0.1, 0.15) is 0 Å². The molecule has 1 aromatic carbocycles. The molecule has 1 N–H and O–H groups in total. The van der Waals surface area contributed by atoms with Crippen molar-refractivity contribution in [2.75, 3.05) is 5.32 Å². The van der Waals surface area contributed by atoms with Crippen molar-refractivity contribution >= 4 is 22.9 Å². The van der Waals surface area contributed by atoms with Crippen molar-refractivity contribution in [3.05, 3.63) is 51.2 Å². The molecule has 0 saturated carbocycles. The molecule has 0 bridgehead atoms. The van der Waals surface area contributed by atoms with Crippen LogP contribution in [0.25, 0.3) is 0 Å². The monoisotopic (exact) mass is 339 g/mol. The third-order valence-electron chi connectivity index (χ3n) is 4.00. The Kier molecular flexibility index (Phi) is 4.19. The van der Waals surface area contributed by atoms with Gasteiger partial charge in [-0.25, -0.2) is 0 Å². The minimum absolute atomic E-state index is 0.157. The number of carbonyl (C=O) groups is 1. The molecule has 0 radical (unpaired) electrons. The van der Waals surface area contributed by atoms with Gasteiger partial charge in [0, 0.05) is 10.6 Å². The average molecular weight is 339 g/mol. The van der Waals surface area contributed by atoms with Crippen LogP contribution in [0.5, 0.6) is 0 Å². The number of thiophene rings is 1. The van der Waals surface area contributed by atoms with E-state index in [9.17, 15) is 18.0 Å². The summed E-state index contributed by atoms with van der Waals surface area (Å²) in [7, 11) is 0. The number of hydrogen-bond acceptors (Lipinski definition) is 2. The zero-order chi connectivity index (χ0) is 16.6. The first-order chi connectivity index (χ1) is 10.8. The van der Waals surface area contributed by atoms with Gasteiger partial charge in [0.05, 0.1) is 10.4 Å². The molecule has 3 rings (SSSR count). The molecule has 1 atom stereocenters. The zero-order valence-electron chi connectivity index (χ0n) is 12.5. The van der Waals surface area contributed by atoms with Crippen LogP contribution in [0.3, 0.4) is 0 Å². The topological polar surface area (TPSA) is 29.1 Å². The van der Waals surface area contributed by atoms with E-state index in [2.05, 4.69) is 12.2 Å². The quantitative estimate of drug-likeness (QED) is 0.806. The van der Waals surface area contributed by atoms with E-state index in [4.69, 9.17) is 0 Å². The highest BCUT2D eigenvalue weighted by atomic mass is 32.1. The van der Waals surface area contributed by atoms with E-state index in [-0.39, 0.29) is 11.6 Å². The van der Waals surface area contributed by atoms with Gasteiger partial charge in [-0.15, -0.1) is 11.3 Å². The van der Waals surface area contributed by atoms with Gasteiger partial charge in [0.25, 0.3) is 5.91 Å². The second-order valence-electron chi connectivity index (χ2n) is 5.94. The van der Waals surface area contributed by atoms with Gasteiger partial charge in [-0.1, -0.05) is 13.0 Å². The first-order valence-electron chi connectivity index (χ1n) is 7.43. The molecule has 1 amide bonds. The molecule has 1 aliphatic rings. The summed E-state index contributed by atoms with van der Waals surface area (Å²) in [5.41, 5.74) is 0.585. The molecule has 2 aromatic rings. The SMILES string of the molecule is C[C@@H]1CCc2sc(C(=O)Nc3cccc(C(F)(F)F)c3)cc2C1. The Morgan fingerprint density at radius 2 is 2.09 bits per heavy atom. The molecular weight excluding hydrogens is 323 g/mol. The summed E-state index contributed by atoms with van der Waals surface area (Å²) in [4.78, 5) is 14.1. The number of fused-ring (bicyclic) bond motifs is 1. The number of benzene rings is 1. The van der Waals surface area contributed by atoms with Crippen molar-refractivity contribution in [1.29, 1.82) is 0 Å². The number of carbonyl (C=O) groups excluding carboxylic acids is 1. The third kappa shape index (κ3) is 3.58. The lowest BCUT2D eigenvalue weighted by atomic mass is 9.90. The Labute approximate surface area is 136 Å². The summed E-state index contributed by atoms with van der Waals surface area (Å²) in [6.45, 7) is 2.18. The van der Waals surface area contributed by atoms with Crippen LogP contribution in [-0.2, 0) is 19.0 Å². The fourth-order valence-corrected chi connectivity index (χ4v) is 3.89. The summed E-state index contributed by atoms with van der Waals surface area (Å²) in [6.07, 6.45) is -1.37. The summed E-state index contributed by atoms with van der Waals surface area (Å²) in [6, 6.07) is 6.56. The maximum absolute atomic E-state index is 12.7. The van der Waals surface area contributed by atoms with Crippen LogP contribution < -0.4 is 5.32 Å². The predicted octanol–water partition coefficient (Wildman–Crippen LogP) is 5.14. The van der Waals surface area contributed by atoms with Crippen LogP contribution in [0.2, 0.25) is 0 Å². The lowest BCUT2D eigenvalue weighted by Gasteiger charge is -2.16. The molecular formula is C17H16F3NOS. The Morgan fingerprint density at radius 1 is 1.30 bits per heavy atom. The summed E-state index contributed by atoms with van der Waals surface area (Å²) in [5, 5.41) is 2.56. The Morgan fingerprint density at radius 3 is 2.83 bits per heavy atom. The Balaban J connectivity index is 1.77. The number of amides is 1. The van der Waals surface area contributed by atoms with Gasteiger partial charge >= 0.3 is 6.18 Å². The van der Waals surface area contributed by atoms with Crippen LogP contribution in [0, 0.1) is 5.92 Å². The van der Waals surface area contributed by atoms with E-state index < -0.39 is 11.7 Å². The minimum Gasteiger partial charge on any atom is -0.321 e. The number of aryl methyl sites for hydroxylation is 1. The van der Waals surface area contributed by atoms with E-state index >= 15 is 0 Å². The number of hydrogen-bond donors (Lipinski definition) is 1. The third-order valence-corrected chi connectivity index (χ3v) is 5.24. The number of rotatable bonds is 2. The van der Waals surface area contributed by atoms with Crippen LogP contribution in [0.15, 0.2) is 30.3 Å². The Hall–Kier alpha value is -1.82. The first-order valence-corrected chi connectivity index (χ1v) is 8.25. The maximum Gasteiger partial charge on any atom is 0.416 e. The fraction of sp³-hybridized carbons (Fsp3) is 0.353. The molecule has 0 aliphatic heterocycles. The molecule has 1 aliphatic carbocycles. The van der Waals surface area contributed by atoms with E-state index in [1.165, 1.54) is 33.9 Å². The summed E-state index contributed by atoms with van der Waals surface area (Å²) in [5.74, 6) is 0.257. The number of alkyl halides is 3. The van der Waals surface area contributed by atoms with E-state index in [1.54, 1.807) is 0 Å². The molecule has 1 aromatic heterocycles. The highest BCUT2D eigenvalue weighted by molar-refractivity contribution is 7.14. The zero-order valence-corrected chi connectivity index (χ0v) is 13.4. The van der Waals surface area contributed by atoms with Crippen LogP contribution in [0.1, 0.15) is 39.0 Å². The molecule has 0 fully saturated rings. The van der Waals surface area contributed by atoms with Crippen molar-refractivity contribution in [2.45, 2.75) is 32.4 Å². The molecule has 23 heavy (non-hydrogen) atoms. The number of anilines is 1. The second kappa shape index (κ2) is 6.00. The highest BCUT2D eigenvalue weighted by Crippen LogP contribution is 2.33. The van der Waals surface area contributed by atoms with Gasteiger partial charge in [0.15, 0.2) is 0 Å². The van der Waals surface area contributed by atoms with Gasteiger partial charge in [0.2, 0.25) is 0 Å². The molecule has 0 unspecified atom stereocenters. The van der Waals surface area contributed by atoms with Crippen LogP contribution in [-0.4, -0.2) is 5.91 Å². The van der Waals surface area contributed by atoms with Crippen LogP contribution in [0.4, 0.5) is 18.9 Å². The smallest absolute Gasteiger partial charge is 0.321 e. The van der Waals surface area contributed by atoms with Crippen molar-refractivity contribution in [3.63, 3.8) is 0 Å². The summed E-state index contributed by atoms with van der Waals surface area (Å²) >= 11 is 1.44. The van der Waals surface area contributed by atoms with Crippen molar-refractivity contribution < 1.29 is 18.0 Å². The lowest BCUT2D eigenvalue weighted by Crippen LogP contribution is -2.12. The molecule has 6 heteroatoms. The summed E-state index contributed by atoms with van der Waals surface area (Å²) < 4.78 is 38.1. The minimum atomic E-state index is -4.42. The normalized spacial score (nSPS) is 17.7. The first kappa shape index (κ1) is 16.1. The highest BCUT2D eigenvalue weighted by Gasteiger charge is 2.30. The Bertz CT molecular complexity index is 736. The standard InChI is InChI=1S/C17H16F3NOS/c1-10-5-6-14-11(7-10)8-15(23-14)16(22)21-13-4-2-3-12(9-13)17(18,19)20/h2-4,8-10H,5-7H2,1H3,(H,21,22)/t10-/m1/s1. The van der Waals surface area contributed by atoms with Gasteiger partial charge in [-0.3, -0.25) is 4.79 Å². The average Bonchev–Trinajstić information content (AvgIpc) is 2.90. The maximum atomic E-state index is 12.7. The van der Waals surface area contributed by atoms with Crippen molar-refractivity contribution in [2.24, 2.45) is 5.92 Å². The molecule has 1 heterocycles. The van der Waals surface area contributed by atoms with Crippen LogP contribution >= 0.6 is 11.3 Å². The molecule has 0 saturated heterocycles. The second-order valence-corrected chi connectivity index (χ2v) is 7.08. The number of nitrogens with one attached hydrogen (secondary N) is 1. The molecule has 0 spiro atoms. The molecule has 2 nitrogen and oxygen atoms in total. The van der Waals surface area contributed by atoms with Crippen molar-refractivity contribution in [3.8, 4) is 0 Å². The fourth-order valence-electron chi connectivity index (χ4n) is 2.78. The van der Waals surface area contributed by atoms with Crippen molar-refractivity contribution in [1.82, 2.24) is 0 Å². The van der Waals surface area contributed by atoms with E-state index in [0.717, 1.165) is 31.4 Å². The lowest BCUT2D eigenvalue weighted by molar-refractivity contribution is -0.137. The molecule has 122 valence electrons.